The summed E-state index contributed by atoms with van der Waals surface area (Å²) in [6.07, 6.45) is 4.01. The molecule has 0 aromatic carbocycles. The number of carbonyl (C=O) groups excluding carboxylic acids is 1. The van der Waals surface area contributed by atoms with E-state index in [2.05, 4.69) is 5.32 Å². The molecule has 1 heterocycles. The van der Waals surface area contributed by atoms with E-state index in [-0.39, 0.29) is 18.6 Å². The van der Waals surface area contributed by atoms with Gasteiger partial charge in [0.25, 0.3) is 5.91 Å². The quantitative estimate of drug-likeness (QED) is 0.848. The molecule has 0 unspecified atom stereocenters. The summed E-state index contributed by atoms with van der Waals surface area (Å²) in [7, 11) is 0. The molecule has 0 aliphatic heterocycles. The fourth-order valence-electron chi connectivity index (χ4n) is 2.15. The number of amides is 1. The minimum Gasteiger partial charge on any atom is -0.396 e. The van der Waals surface area contributed by atoms with Crippen molar-refractivity contribution in [2.75, 3.05) is 6.61 Å². The van der Waals surface area contributed by atoms with Crippen LogP contribution in [0.5, 0.6) is 0 Å². The lowest BCUT2D eigenvalue weighted by atomic mass is 9.86. The van der Waals surface area contributed by atoms with Crippen LogP contribution in [-0.4, -0.2) is 23.7 Å². The van der Waals surface area contributed by atoms with Crippen molar-refractivity contribution in [2.24, 2.45) is 5.92 Å². The molecule has 1 fully saturated rings. The van der Waals surface area contributed by atoms with Crippen molar-refractivity contribution < 1.29 is 9.90 Å². The third kappa shape index (κ3) is 2.83. The van der Waals surface area contributed by atoms with Gasteiger partial charge in [-0.15, -0.1) is 0 Å². The first-order valence-electron chi connectivity index (χ1n) is 5.73. The number of thiophene rings is 1. The molecule has 16 heavy (non-hydrogen) atoms. The first-order chi connectivity index (χ1) is 7.79. The first-order valence-corrected chi connectivity index (χ1v) is 6.68. The van der Waals surface area contributed by atoms with E-state index in [0.29, 0.717) is 5.92 Å². The summed E-state index contributed by atoms with van der Waals surface area (Å²) in [5, 5.41) is 15.9. The average Bonchev–Trinajstić information content (AvgIpc) is 2.83. The van der Waals surface area contributed by atoms with Gasteiger partial charge < -0.3 is 10.4 Å². The van der Waals surface area contributed by atoms with E-state index in [1.165, 1.54) is 0 Å². The largest absolute Gasteiger partial charge is 0.396 e. The molecule has 4 heteroatoms. The number of hydrogen-bond acceptors (Lipinski definition) is 3. The molecule has 1 aliphatic rings. The van der Waals surface area contributed by atoms with E-state index in [9.17, 15) is 4.79 Å². The molecule has 1 aromatic rings. The number of nitrogens with one attached hydrogen (secondary N) is 1. The van der Waals surface area contributed by atoms with Crippen molar-refractivity contribution in [3.05, 3.63) is 22.4 Å². The Morgan fingerprint density at radius 1 is 1.44 bits per heavy atom. The number of aliphatic hydroxyl groups excluding tert-OH is 1. The maximum absolute atomic E-state index is 11.8. The van der Waals surface area contributed by atoms with Crippen LogP contribution in [0.15, 0.2) is 16.8 Å². The van der Waals surface area contributed by atoms with Crippen molar-refractivity contribution in [2.45, 2.75) is 31.7 Å². The smallest absolute Gasteiger partial charge is 0.252 e. The Balaban J connectivity index is 1.81. The van der Waals surface area contributed by atoms with Gasteiger partial charge in [0.05, 0.1) is 0 Å². The first kappa shape index (κ1) is 11.6. The highest BCUT2D eigenvalue weighted by Gasteiger charge is 2.22. The minimum absolute atomic E-state index is 0.0358. The Labute approximate surface area is 99.5 Å². The molecule has 1 amide bonds. The normalized spacial score (nSPS) is 25.3. The summed E-state index contributed by atoms with van der Waals surface area (Å²) >= 11 is 1.54. The Bertz CT molecular complexity index is 329. The van der Waals surface area contributed by atoms with Gasteiger partial charge in [0.1, 0.15) is 0 Å². The summed E-state index contributed by atoms with van der Waals surface area (Å²) in [6, 6.07) is 2.13. The van der Waals surface area contributed by atoms with Crippen LogP contribution in [0.3, 0.4) is 0 Å². The van der Waals surface area contributed by atoms with Crippen LogP contribution < -0.4 is 5.32 Å². The fourth-order valence-corrected chi connectivity index (χ4v) is 2.79. The topological polar surface area (TPSA) is 49.3 Å². The van der Waals surface area contributed by atoms with Crippen LogP contribution in [0.1, 0.15) is 36.0 Å². The zero-order valence-electron chi connectivity index (χ0n) is 9.19. The van der Waals surface area contributed by atoms with Gasteiger partial charge in [0.15, 0.2) is 0 Å². The van der Waals surface area contributed by atoms with E-state index in [0.717, 1.165) is 31.2 Å². The molecule has 0 saturated heterocycles. The van der Waals surface area contributed by atoms with Crippen LogP contribution in [0.2, 0.25) is 0 Å². The van der Waals surface area contributed by atoms with E-state index < -0.39 is 0 Å². The van der Waals surface area contributed by atoms with Gasteiger partial charge >= 0.3 is 0 Å². The van der Waals surface area contributed by atoms with Crippen LogP contribution in [0.25, 0.3) is 0 Å². The molecule has 0 spiro atoms. The summed E-state index contributed by atoms with van der Waals surface area (Å²) < 4.78 is 0. The molecule has 0 atom stereocenters. The standard InChI is InChI=1S/C12H17NO2S/c14-7-9-1-3-11(4-2-9)13-12(15)10-5-6-16-8-10/h5-6,8-9,11,14H,1-4,7H2,(H,13,15). The summed E-state index contributed by atoms with van der Waals surface area (Å²) in [5.41, 5.74) is 0.759. The summed E-state index contributed by atoms with van der Waals surface area (Å²) in [6.45, 7) is 0.283. The van der Waals surface area contributed by atoms with Gasteiger partial charge in [0.2, 0.25) is 0 Å². The molecule has 1 aliphatic carbocycles. The van der Waals surface area contributed by atoms with Gasteiger partial charge in [-0.3, -0.25) is 4.79 Å². The number of carbonyl (C=O) groups is 1. The number of rotatable bonds is 3. The second kappa shape index (κ2) is 5.46. The third-order valence-corrected chi connectivity index (χ3v) is 3.91. The predicted octanol–water partition coefficient (Wildman–Crippen LogP) is 2.03. The second-order valence-corrected chi connectivity index (χ2v) is 5.17. The molecular weight excluding hydrogens is 222 g/mol. The van der Waals surface area contributed by atoms with Crippen LogP contribution in [-0.2, 0) is 0 Å². The third-order valence-electron chi connectivity index (χ3n) is 3.22. The monoisotopic (exact) mass is 239 g/mol. The van der Waals surface area contributed by atoms with Crippen molar-refractivity contribution >= 4 is 17.2 Å². The molecule has 2 rings (SSSR count). The van der Waals surface area contributed by atoms with Gasteiger partial charge in [-0.1, -0.05) is 0 Å². The van der Waals surface area contributed by atoms with Crippen molar-refractivity contribution in [3.8, 4) is 0 Å². The Hall–Kier alpha value is -0.870. The molecule has 3 nitrogen and oxygen atoms in total. The van der Waals surface area contributed by atoms with E-state index in [1.54, 1.807) is 11.3 Å². The average molecular weight is 239 g/mol. The summed E-state index contributed by atoms with van der Waals surface area (Å²) in [5.74, 6) is 0.475. The van der Waals surface area contributed by atoms with Crippen LogP contribution in [0, 0.1) is 5.92 Å². The lowest BCUT2D eigenvalue weighted by Gasteiger charge is -2.27. The SMILES string of the molecule is O=C(NC1CCC(CO)CC1)c1ccsc1. The van der Waals surface area contributed by atoms with Crippen molar-refractivity contribution in [1.82, 2.24) is 5.32 Å². The molecule has 2 N–H and O–H groups in total. The molecule has 0 bridgehead atoms. The highest BCUT2D eigenvalue weighted by Crippen LogP contribution is 2.23. The second-order valence-electron chi connectivity index (χ2n) is 4.39. The van der Waals surface area contributed by atoms with Gasteiger partial charge in [-0.05, 0) is 43.0 Å². The Morgan fingerprint density at radius 2 is 2.19 bits per heavy atom. The lowest BCUT2D eigenvalue weighted by Crippen LogP contribution is -2.37. The molecular formula is C12H17NO2S. The maximum Gasteiger partial charge on any atom is 0.252 e. The zero-order valence-corrected chi connectivity index (χ0v) is 10.0. The van der Waals surface area contributed by atoms with E-state index in [4.69, 9.17) is 5.11 Å². The molecule has 88 valence electrons. The van der Waals surface area contributed by atoms with Crippen LogP contribution in [0.4, 0.5) is 0 Å². The molecule has 1 saturated carbocycles. The Kier molecular flexibility index (Phi) is 3.96. The highest BCUT2D eigenvalue weighted by atomic mass is 32.1. The van der Waals surface area contributed by atoms with E-state index in [1.807, 2.05) is 16.8 Å². The highest BCUT2D eigenvalue weighted by molar-refractivity contribution is 7.08. The van der Waals surface area contributed by atoms with Crippen molar-refractivity contribution in [1.29, 1.82) is 0 Å². The maximum atomic E-state index is 11.8. The van der Waals surface area contributed by atoms with E-state index >= 15 is 0 Å². The van der Waals surface area contributed by atoms with Gasteiger partial charge in [0, 0.05) is 23.6 Å². The lowest BCUT2D eigenvalue weighted by molar-refractivity contribution is 0.0914. The van der Waals surface area contributed by atoms with Gasteiger partial charge in [-0.25, -0.2) is 0 Å². The molecule has 1 aromatic heterocycles. The molecule has 0 radical (unpaired) electrons. The minimum atomic E-state index is 0.0358. The fraction of sp³-hybridized carbons (Fsp3) is 0.583. The summed E-state index contributed by atoms with van der Waals surface area (Å²) in [4.78, 5) is 11.8. The zero-order chi connectivity index (χ0) is 11.4. The van der Waals surface area contributed by atoms with Crippen molar-refractivity contribution in [3.63, 3.8) is 0 Å². The predicted molar refractivity (Wildman–Crippen MR) is 64.6 cm³/mol. The van der Waals surface area contributed by atoms with Gasteiger partial charge in [-0.2, -0.15) is 11.3 Å². The van der Waals surface area contributed by atoms with Crippen LogP contribution >= 0.6 is 11.3 Å². The Morgan fingerprint density at radius 3 is 2.75 bits per heavy atom. The number of hydrogen-bond donors (Lipinski definition) is 2. The number of aliphatic hydroxyl groups is 1.